The van der Waals surface area contributed by atoms with Crippen molar-refractivity contribution in [2.45, 2.75) is 0 Å². The summed E-state index contributed by atoms with van der Waals surface area (Å²) in [6.45, 7) is 0. The molecule has 0 fully saturated rings. The Morgan fingerprint density at radius 1 is 1.70 bits per heavy atom. The average molecular weight is 153 g/mol. The maximum atomic E-state index is 3.94. The van der Waals surface area contributed by atoms with Gasteiger partial charge in [-0.15, -0.1) is 0 Å². The van der Waals surface area contributed by atoms with Crippen LogP contribution in [-0.2, 0) is 0 Å². The van der Waals surface area contributed by atoms with Gasteiger partial charge in [-0.2, -0.15) is 0 Å². The van der Waals surface area contributed by atoms with Gasteiger partial charge in [0.25, 0.3) is 0 Å². The van der Waals surface area contributed by atoms with Gasteiger partial charge in [-0.1, -0.05) is 0 Å². The van der Waals surface area contributed by atoms with E-state index >= 15 is 0 Å². The van der Waals surface area contributed by atoms with Gasteiger partial charge in [0, 0.05) is 18.1 Å². The first-order valence-electron chi connectivity index (χ1n) is 3.03. The molecule has 0 amide bonds. The maximum absolute atomic E-state index is 3.94. The van der Waals surface area contributed by atoms with Crippen molar-refractivity contribution in [2.24, 2.45) is 0 Å². The first kappa shape index (κ1) is 5.85. The van der Waals surface area contributed by atoms with E-state index in [1.165, 1.54) is 0 Å². The lowest BCUT2D eigenvalue weighted by Crippen LogP contribution is -2.02. The number of aromatic nitrogens is 2. The van der Waals surface area contributed by atoms with Crippen LogP contribution in [0.1, 0.15) is 0 Å². The summed E-state index contributed by atoms with van der Waals surface area (Å²) < 4.78 is 5.12. The van der Waals surface area contributed by atoms with E-state index < -0.39 is 0 Å². The average Bonchev–Trinajstić information content (AvgIpc) is 2.59. The Labute approximate surface area is 63.3 Å². The fourth-order valence-electron chi connectivity index (χ4n) is 0.838. The molecular weight excluding hydrogens is 146 g/mol. The molecule has 0 aromatic carbocycles. The number of nitrogens with one attached hydrogen (secondary N) is 1. The van der Waals surface area contributed by atoms with Crippen molar-refractivity contribution in [1.82, 2.24) is 14.3 Å². The standard InChI is InChI=1S/C6H7N3S/c1-4-10-8-6(1)9-3-2-7-5-9/h1-3,5,8H,4H2. The smallest absolute Gasteiger partial charge is 0.118 e. The Morgan fingerprint density at radius 3 is 3.30 bits per heavy atom. The Kier molecular flexibility index (Phi) is 1.39. The van der Waals surface area contributed by atoms with E-state index in [-0.39, 0.29) is 0 Å². The Bertz CT molecular complexity index is 240. The predicted octanol–water partition coefficient (Wildman–Crippen LogP) is 0.933. The van der Waals surface area contributed by atoms with Crippen LogP contribution in [0.3, 0.4) is 0 Å². The molecule has 0 atom stereocenters. The SMILES string of the molecule is C1=C(n2ccnc2)NSC1. The first-order valence-corrected chi connectivity index (χ1v) is 4.02. The van der Waals surface area contributed by atoms with E-state index in [1.54, 1.807) is 24.5 Å². The zero-order valence-corrected chi connectivity index (χ0v) is 6.14. The van der Waals surface area contributed by atoms with Crippen LogP contribution >= 0.6 is 11.9 Å². The lowest BCUT2D eigenvalue weighted by Gasteiger charge is -2.01. The molecule has 10 heavy (non-hydrogen) atoms. The molecule has 1 aromatic heterocycles. The van der Waals surface area contributed by atoms with E-state index in [9.17, 15) is 0 Å². The molecule has 1 N–H and O–H groups in total. The second kappa shape index (κ2) is 2.38. The van der Waals surface area contributed by atoms with Crippen LogP contribution in [0, 0.1) is 0 Å². The molecule has 0 bridgehead atoms. The van der Waals surface area contributed by atoms with Gasteiger partial charge in [0.05, 0.1) is 0 Å². The molecule has 0 spiro atoms. The normalized spacial score (nSPS) is 16.6. The third-order valence-corrected chi connectivity index (χ3v) is 2.01. The van der Waals surface area contributed by atoms with E-state index in [4.69, 9.17) is 0 Å². The minimum absolute atomic E-state index is 1.04. The molecule has 0 saturated heterocycles. The van der Waals surface area contributed by atoms with Gasteiger partial charge in [0.15, 0.2) is 0 Å². The van der Waals surface area contributed by atoms with Crippen LogP contribution in [0.25, 0.3) is 5.82 Å². The Balaban J connectivity index is 2.28. The quantitative estimate of drug-likeness (QED) is 0.609. The summed E-state index contributed by atoms with van der Waals surface area (Å²) in [5, 5.41) is 0. The third-order valence-electron chi connectivity index (χ3n) is 1.32. The van der Waals surface area contributed by atoms with Crippen LogP contribution < -0.4 is 4.72 Å². The largest absolute Gasteiger partial charge is 0.315 e. The van der Waals surface area contributed by atoms with Crippen molar-refractivity contribution >= 4 is 17.8 Å². The van der Waals surface area contributed by atoms with Crippen molar-refractivity contribution in [3.8, 4) is 0 Å². The molecule has 2 rings (SSSR count). The van der Waals surface area contributed by atoms with Gasteiger partial charge in [-0.3, -0.25) is 4.57 Å². The van der Waals surface area contributed by atoms with Crippen molar-refractivity contribution < 1.29 is 0 Å². The van der Waals surface area contributed by atoms with E-state index in [0.717, 1.165) is 11.6 Å². The van der Waals surface area contributed by atoms with Crippen molar-refractivity contribution in [2.75, 3.05) is 5.75 Å². The summed E-state index contributed by atoms with van der Waals surface area (Å²) >= 11 is 1.69. The van der Waals surface area contributed by atoms with Crippen molar-refractivity contribution in [3.05, 3.63) is 24.8 Å². The van der Waals surface area contributed by atoms with Gasteiger partial charge in [0.2, 0.25) is 0 Å². The predicted molar refractivity (Wildman–Crippen MR) is 42.1 cm³/mol. The zero-order valence-electron chi connectivity index (χ0n) is 5.32. The zero-order chi connectivity index (χ0) is 6.81. The highest BCUT2D eigenvalue weighted by atomic mass is 32.2. The molecule has 0 radical (unpaired) electrons. The summed E-state index contributed by atoms with van der Waals surface area (Å²) in [5.74, 6) is 2.15. The Hall–Kier alpha value is -0.900. The molecule has 1 aliphatic rings. The van der Waals surface area contributed by atoms with Gasteiger partial charge < -0.3 is 4.72 Å². The minimum Gasteiger partial charge on any atom is -0.315 e. The molecule has 0 saturated carbocycles. The van der Waals surface area contributed by atoms with Crippen molar-refractivity contribution in [3.63, 3.8) is 0 Å². The minimum atomic E-state index is 1.04. The summed E-state index contributed by atoms with van der Waals surface area (Å²) in [6, 6.07) is 0. The molecular formula is C6H7N3S. The highest BCUT2D eigenvalue weighted by Gasteiger charge is 2.03. The van der Waals surface area contributed by atoms with Gasteiger partial charge >= 0.3 is 0 Å². The molecule has 0 unspecified atom stereocenters. The fourth-order valence-corrected chi connectivity index (χ4v) is 1.50. The highest BCUT2D eigenvalue weighted by Crippen LogP contribution is 2.13. The summed E-state index contributed by atoms with van der Waals surface area (Å²) in [6.07, 6.45) is 7.60. The van der Waals surface area contributed by atoms with Gasteiger partial charge in [0.1, 0.15) is 12.1 Å². The Morgan fingerprint density at radius 2 is 2.70 bits per heavy atom. The van der Waals surface area contributed by atoms with Gasteiger partial charge in [-0.25, -0.2) is 4.98 Å². The molecule has 4 heteroatoms. The van der Waals surface area contributed by atoms with Crippen molar-refractivity contribution in [1.29, 1.82) is 0 Å². The number of imidazole rings is 1. The summed E-state index contributed by atoms with van der Waals surface area (Å²) in [4.78, 5) is 3.94. The molecule has 1 aromatic rings. The lowest BCUT2D eigenvalue weighted by atomic mass is 10.6. The second-order valence-electron chi connectivity index (χ2n) is 1.97. The van der Waals surface area contributed by atoms with Crippen LogP contribution in [0.5, 0.6) is 0 Å². The lowest BCUT2D eigenvalue weighted by molar-refractivity contribution is 1.04. The molecule has 2 heterocycles. The first-order chi connectivity index (χ1) is 4.97. The van der Waals surface area contributed by atoms with Gasteiger partial charge in [-0.05, 0) is 18.0 Å². The number of hydrogen-bond donors (Lipinski definition) is 1. The number of nitrogens with zero attached hydrogens (tertiary/aromatic N) is 2. The van der Waals surface area contributed by atoms with Crippen LogP contribution in [0.15, 0.2) is 24.8 Å². The maximum Gasteiger partial charge on any atom is 0.118 e. The summed E-state index contributed by atoms with van der Waals surface area (Å²) in [7, 11) is 0. The second-order valence-corrected chi connectivity index (χ2v) is 2.80. The molecule has 3 nitrogen and oxygen atoms in total. The topological polar surface area (TPSA) is 29.9 Å². The number of rotatable bonds is 1. The van der Waals surface area contributed by atoms with E-state index in [1.807, 2.05) is 10.8 Å². The fraction of sp³-hybridized carbons (Fsp3) is 0.167. The van der Waals surface area contributed by atoms with E-state index in [2.05, 4.69) is 15.8 Å². The number of hydrogen-bond acceptors (Lipinski definition) is 3. The monoisotopic (exact) mass is 153 g/mol. The third kappa shape index (κ3) is 0.903. The highest BCUT2D eigenvalue weighted by molar-refractivity contribution is 7.98. The van der Waals surface area contributed by atoms with Crippen LogP contribution in [0.4, 0.5) is 0 Å². The van der Waals surface area contributed by atoms with E-state index in [0.29, 0.717) is 0 Å². The van der Waals surface area contributed by atoms with Crippen LogP contribution in [0.2, 0.25) is 0 Å². The molecule has 1 aliphatic heterocycles. The van der Waals surface area contributed by atoms with Crippen LogP contribution in [-0.4, -0.2) is 15.3 Å². The molecule has 0 aliphatic carbocycles. The molecule has 52 valence electrons. The summed E-state index contributed by atoms with van der Waals surface area (Å²) in [5.41, 5.74) is 0.